The van der Waals surface area contributed by atoms with Crippen LogP contribution < -0.4 is 10.5 Å². The highest BCUT2D eigenvalue weighted by Gasteiger charge is 2.17. The summed E-state index contributed by atoms with van der Waals surface area (Å²) in [7, 11) is 1.57. The van der Waals surface area contributed by atoms with Crippen LogP contribution in [0, 0.1) is 0 Å². The minimum atomic E-state index is -2.63. The third kappa shape index (κ3) is 3.14. The topological polar surface area (TPSA) is 53.1 Å². The molecule has 3 rings (SSSR count). The van der Waals surface area contributed by atoms with Crippen LogP contribution in [0.15, 0.2) is 54.6 Å². The maximum absolute atomic E-state index is 13.1. The molecular formula is C18H17F2N3O. The lowest BCUT2D eigenvalue weighted by Crippen LogP contribution is -2.00. The summed E-state index contributed by atoms with van der Waals surface area (Å²) in [4.78, 5) is 0. The van der Waals surface area contributed by atoms with Crippen LogP contribution in [0.25, 0.3) is 16.9 Å². The molecule has 0 aliphatic carbocycles. The lowest BCUT2D eigenvalue weighted by atomic mass is 10.1. The van der Waals surface area contributed by atoms with Gasteiger partial charge in [0.25, 0.3) is 6.43 Å². The smallest absolute Gasteiger partial charge is 0.282 e. The van der Waals surface area contributed by atoms with Crippen molar-refractivity contribution in [2.75, 3.05) is 7.11 Å². The summed E-state index contributed by atoms with van der Waals surface area (Å²) >= 11 is 0. The Hall–Kier alpha value is -2.73. The van der Waals surface area contributed by atoms with Crippen LogP contribution in [-0.2, 0) is 6.54 Å². The first-order valence-corrected chi connectivity index (χ1v) is 7.44. The van der Waals surface area contributed by atoms with Crippen molar-refractivity contribution >= 4 is 0 Å². The number of alkyl halides is 2. The summed E-state index contributed by atoms with van der Waals surface area (Å²) in [5, 5.41) is 4.06. The number of hydrogen-bond acceptors (Lipinski definition) is 3. The predicted molar refractivity (Wildman–Crippen MR) is 88.4 cm³/mol. The summed E-state index contributed by atoms with van der Waals surface area (Å²) < 4.78 is 32.9. The standard InChI is InChI=1S/C18H17F2N3O/c1-24-15-8-6-14(7-9-15)23-17(10-16(22-23)18(19)20)13-4-2-12(11-21)3-5-13/h2-10,18H,11,21H2,1H3. The quantitative estimate of drug-likeness (QED) is 0.771. The van der Waals surface area contributed by atoms with Crippen molar-refractivity contribution in [2.45, 2.75) is 13.0 Å². The second kappa shape index (κ2) is 6.80. The average Bonchev–Trinajstić information content (AvgIpc) is 3.07. The molecule has 0 unspecified atom stereocenters. The van der Waals surface area contributed by atoms with Crippen molar-refractivity contribution < 1.29 is 13.5 Å². The normalized spacial score (nSPS) is 11.0. The van der Waals surface area contributed by atoms with Crippen LogP contribution in [0.4, 0.5) is 8.78 Å². The molecule has 0 bridgehead atoms. The van der Waals surface area contributed by atoms with E-state index < -0.39 is 6.43 Å². The molecule has 0 aliphatic heterocycles. The number of nitrogens with zero attached hydrogens (tertiary/aromatic N) is 2. The Morgan fingerprint density at radius 3 is 2.29 bits per heavy atom. The van der Waals surface area contributed by atoms with Gasteiger partial charge in [0.05, 0.1) is 18.5 Å². The first-order chi connectivity index (χ1) is 11.6. The van der Waals surface area contributed by atoms with Gasteiger partial charge in [-0.25, -0.2) is 13.5 Å². The van der Waals surface area contributed by atoms with Crippen molar-refractivity contribution in [1.82, 2.24) is 9.78 Å². The summed E-state index contributed by atoms with van der Waals surface area (Å²) in [6.07, 6.45) is -2.63. The monoisotopic (exact) mass is 329 g/mol. The predicted octanol–water partition coefficient (Wildman–Crippen LogP) is 3.94. The van der Waals surface area contributed by atoms with Crippen molar-refractivity contribution in [2.24, 2.45) is 5.73 Å². The van der Waals surface area contributed by atoms with E-state index in [1.54, 1.807) is 31.4 Å². The molecule has 0 atom stereocenters. The fourth-order valence-corrected chi connectivity index (χ4v) is 2.44. The largest absolute Gasteiger partial charge is 0.497 e. The van der Waals surface area contributed by atoms with E-state index in [0.29, 0.717) is 23.7 Å². The SMILES string of the molecule is COc1ccc(-n2nc(C(F)F)cc2-c2ccc(CN)cc2)cc1. The van der Waals surface area contributed by atoms with E-state index in [1.165, 1.54) is 10.7 Å². The van der Waals surface area contributed by atoms with Crippen molar-refractivity contribution in [3.8, 4) is 22.7 Å². The number of nitrogens with two attached hydrogens (primary N) is 1. The Balaban J connectivity index is 2.09. The third-order valence-corrected chi connectivity index (χ3v) is 3.75. The van der Waals surface area contributed by atoms with Gasteiger partial charge in [0.15, 0.2) is 0 Å². The van der Waals surface area contributed by atoms with Crippen LogP contribution in [0.5, 0.6) is 5.75 Å². The number of hydrogen-bond donors (Lipinski definition) is 1. The number of rotatable bonds is 5. The first-order valence-electron chi connectivity index (χ1n) is 7.44. The van der Waals surface area contributed by atoms with Gasteiger partial charge in [0.1, 0.15) is 11.4 Å². The minimum Gasteiger partial charge on any atom is -0.497 e. The highest BCUT2D eigenvalue weighted by atomic mass is 19.3. The van der Waals surface area contributed by atoms with Crippen LogP contribution in [0.3, 0.4) is 0 Å². The molecule has 3 aromatic rings. The lowest BCUT2D eigenvalue weighted by molar-refractivity contribution is 0.145. The van der Waals surface area contributed by atoms with Crippen LogP contribution in [-0.4, -0.2) is 16.9 Å². The molecule has 4 nitrogen and oxygen atoms in total. The van der Waals surface area contributed by atoms with Gasteiger partial charge in [-0.2, -0.15) is 5.10 Å². The van der Waals surface area contributed by atoms with Crippen molar-refractivity contribution in [3.63, 3.8) is 0 Å². The van der Waals surface area contributed by atoms with E-state index in [2.05, 4.69) is 5.10 Å². The molecule has 2 aromatic carbocycles. The zero-order chi connectivity index (χ0) is 17.1. The van der Waals surface area contributed by atoms with E-state index in [0.717, 1.165) is 11.1 Å². The molecule has 6 heteroatoms. The molecule has 0 amide bonds. The fourth-order valence-electron chi connectivity index (χ4n) is 2.44. The second-order valence-corrected chi connectivity index (χ2v) is 5.27. The number of methoxy groups -OCH3 is 1. The number of aromatic nitrogens is 2. The summed E-state index contributed by atoms with van der Waals surface area (Å²) in [6, 6.07) is 16.0. The van der Waals surface area contributed by atoms with Crippen LogP contribution >= 0.6 is 0 Å². The average molecular weight is 329 g/mol. The molecule has 0 spiro atoms. The summed E-state index contributed by atoms with van der Waals surface area (Å²) in [6.45, 7) is 0.431. The maximum atomic E-state index is 13.1. The van der Waals surface area contributed by atoms with E-state index in [-0.39, 0.29) is 5.69 Å². The number of benzene rings is 2. The van der Waals surface area contributed by atoms with Gasteiger partial charge < -0.3 is 10.5 Å². The first kappa shape index (κ1) is 16.1. The Kier molecular flexibility index (Phi) is 4.57. The Labute approximate surface area is 138 Å². The molecule has 0 saturated heterocycles. The summed E-state index contributed by atoms with van der Waals surface area (Å²) in [5.74, 6) is 0.689. The molecule has 0 fully saturated rings. The van der Waals surface area contributed by atoms with E-state index in [4.69, 9.17) is 10.5 Å². The van der Waals surface area contributed by atoms with E-state index in [9.17, 15) is 8.78 Å². The second-order valence-electron chi connectivity index (χ2n) is 5.27. The molecule has 0 aliphatic rings. The molecule has 24 heavy (non-hydrogen) atoms. The van der Waals surface area contributed by atoms with Crippen LogP contribution in [0.1, 0.15) is 17.7 Å². The van der Waals surface area contributed by atoms with Crippen molar-refractivity contribution in [1.29, 1.82) is 0 Å². The highest BCUT2D eigenvalue weighted by molar-refractivity contribution is 5.63. The van der Waals surface area contributed by atoms with E-state index in [1.807, 2.05) is 24.3 Å². The zero-order valence-corrected chi connectivity index (χ0v) is 13.1. The van der Waals surface area contributed by atoms with Gasteiger partial charge in [0, 0.05) is 12.1 Å². The van der Waals surface area contributed by atoms with Crippen LogP contribution in [0.2, 0.25) is 0 Å². The maximum Gasteiger partial charge on any atom is 0.282 e. The molecule has 1 aromatic heterocycles. The molecule has 2 N–H and O–H groups in total. The Morgan fingerprint density at radius 2 is 1.75 bits per heavy atom. The third-order valence-electron chi connectivity index (χ3n) is 3.75. The van der Waals surface area contributed by atoms with Gasteiger partial charge in [-0.3, -0.25) is 0 Å². The van der Waals surface area contributed by atoms with Gasteiger partial charge in [-0.15, -0.1) is 0 Å². The molecule has 1 heterocycles. The molecule has 0 radical (unpaired) electrons. The highest BCUT2D eigenvalue weighted by Crippen LogP contribution is 2.29. The Bertz CT molecular complexity index is 746. The molecule has 0 saturated carbocycles. The zero-order valence-electron chi connectivity index (χ0n) is 13.1. The lowest BCUT2D eigenvalue weighted by Gasteiger charge is -2.09. The fraction of sp³-hybridized carbons (Fsp3) is 0.167. The van der Waals surface area contributed by atoms with E-state index >= 15 is 0 Å². The summed E-state index contributed by atoms with van der Waals surface area (Å²) in [5.41, 5.74) is 8.39. The van der Waals surface area contributed by atoms with Crippen molar-refractivity contribution in [3.05, 3.63) is 65.9 Å². The number of ether oxygens (including phenoxy) is 1. The van der Waals surface area contributed by atoms with Gasteiger partial charge in [-0.1, -0.05) is 24.3 Å². The van der Waals surface area contributed by atoms with Gasteiger partial charge in [0.2, 0.25) is 0 Å². The molecule has 124 valence electrons. The molecular weight excluding hydrogens is 312 g/mol. The minimum absolute atomic E-state index is 0.260. The van der Waals surface area contributed by atoms with Gasteiger partial charge >= 0.3 is 0 Å². The van der Waals surface area contributed by atoms with Gasteiger partial charge in [-0.05, 0) is 35.9 Å². The number of halogens is 2. The Morgan fingerprint density at radius 1 is 1.08 bits per heavy atom.